The van der Waals surface area contributed by atoms with Gasteiger partial charge in [0, 0.05) is 4.47 Å². The van der Waals surface area contributed by atoms with Crippen molar-refractivity contribution in [3.05, 3.63) is 69.0 Å². The van der Waals surface area contributed by atoms with Gasteiger partial charge in [-0.25, -0.2) is 4.79 Å². The lowest BCUT2D eigenvalue weighted by Crippen LogP contribution is -2.27. The van der Waals surface area contributed by atoms with Crippen LogP contribution in [0.2, 0.25) is 0 Å². The summed E-state index contributed by atoms with van der Waals surface area (Å²) < 4.78 is 1.31. The Hall–Kier alpha value is -1.96. The SMILES string of the molecule is C/C(=C1\SC(=S)N(c2cccc(C(=O)O)c2)C1=O)c1cccc(Br)c1. The molecule has 0 aliphatic carbocycles. The largest absolute Gasteiger partial charge is 0.478 e. The molecule has 0 radical (unpaired) electrons. The highest BCUT2D eigenvalue weighted by Crippen LogP contribution is 2.39. The Balaban J connectivity index is 2.02. The molecule has 3 rings (SSSR count). The second-order valence-corrected chi connectivity index (χ2v) is 7.89. The highest BCUT2D eigenvalue weighted by Gasteiger charge is 2.35. The van der Waals surface area contributed by atoms with Crippen LogP contribution in [0.5, 0.6) is 0 Å². The first-order valence-electron chi connectivity index (χ1n) is 7.25. The standard InChI is InChI=1S/C18H12BrNO3S2/c1-10(11-4-2-6-13(19)8-11)15-16(21)20(18(24)25-15)14-7-3-5-12(9-14)17(22)23/h2-9H,1H3,(H,22,23)/b15-10+. The van der Waals surface area contributed by atoms with Gasteiger partial charge in [0.1, 0.15) is 0 Å². The van der Waals surface area contributed by atoms with Crippen LogP contribution in [0.15, 0.2) is 57.9 Å². The number of benzene rings is 2. The number of carbonyl (C=O) groups is 2. The first-order valence-corrected chi connectivity index (χ1v) is 9.26. The average Bonchev–Trinajstić information content (AvgIpc) is 2.88. The van der Waals surface area contributed by atoms with E-state index in [4.69, 9.17) is 17.3 Å². The number of carboxylic acids is 1. The van der Waals surface area contributed by atoms with E-state index in [9.17, 15) is 9.59 Å². The number of hydrogen-bond acceptors (Lipinski definition) is 4. The number of halogens is 1. The molecule has 1 saturated heterocycles. The van der Waals surface area contributed by atoms with Crippen molar-refractivity contribution >= 4 is 67.4 Å². The van der Waals surface area contributed by atoms with Gasteiger partial charge in [-0.15, -0.1) is 0 Å². The van der Waals surface area contributed by atoms with Gasteiger partial charge in [0.2, 0.25) is 0 Å². The van der Waals surface area contributed by atoms with Crippen molar-refractivity contribution in [2.24, 2.45) is 0 Å². The second kappa shape index (κ2) is 7.11. The Labute approximate surface area is 162 Å². The number of allylic oxidation sites excluding steroid dienone is 1. The molecule has 1 N–H and O–H groups in total. The van der Waals surface area contributed by atoms with E-state index in [1.807, 2.05) is 31.2 Å². The smallest absolute Gasteiger partial charge is 0.335 e. The molecule has 2 aromatic rings. The van der Waals surface area contributed by atoms with Crippen LogP contribution >= 0.6 is 39.9 Å². The minimum atomic E-state index is -1.05. The molecular formula is C18H12BrNO3S2. The van der Waals surface area contributed by atoms with E-state index in [1.165, 1.54) is 28.8 Å². The van der Waals surface area contributed by atoms with Crippen LogP contribution in [0.1, 0.15) is 22.8 Å². The number of aromatic carboxylic acids is 1. The molecule has 0 aromatic heterocycles. The molecule has 7 heteroatoms. The van der Waals surface area contributed by atoms with Gasteiger partial charge >= 0.3 is 5.97 Å². The second-order valence-electron chi connectivity index (χ2n) is 5.33. The van der Waals surface area contributed by atoms with Gasteiger partial charge in [-0.1, -0.05) is 58.1 Å². The van der Waals surface area contributed by atoms with Crippen LogP contribution < -0.4 is 4.90 Å². The maximum Gasteiger partial charge on any atom is 0.335 e. The lowest BCUT2D eigenvalue weighted by atomic mass is 10.1. The van der Waals surface area contributed by atoms with E-state index in [2.05, 4.69) is 15.9 Å². The van der Waals surface area contributed by atoms with Gasteiger partial charge in [-0.3, -0.25) is 9.69 Å². The summed E-state index contributed by atoms with van der Waals surface area (Å²) in [5.41, 5.74) is 2.32. The molecule has 0 spiro atoms. The third kappa shape index (κ3) is 3.53. The zero-order valence-electron chi connectivity index (χ0n) is 13.0. The van der Waals surface area contributed by atoms with Crippen molar-refractivity contribution in [1.29, 1.82) is 0 Å². The van der Waals surface area contributed by atoms with Crippen molar-refractivity contribution in [3.8, 4) is 0 Å². The van der Waals surface area contributed by atoms with Gasteiger partial charge in [-0.05, 0) is 48.4 Å². The number of rotatable bonds is 3. The van der Waals surface area contributed by atoms with E-state index in [0.717, 1.165) is 15.6 Å². The van der Waals surface area contributed by atoms with Crippen LogP contribution in [0, 0.1) is 0 Å². The molecule has 1 fully saturated rings. The lowest BCUT2D eigenvalue weighted by molar-refractivity contribution is -0.113. The molecule has 126 valence electrons. The zero-order chi connectivity index (χ0) is 18.1. The first kappa shape index (κ1) is 17.8. The highest BCUT2D eigenvalue weighted by molar-refractivity contribution is 9.10. The van der Waals surface area contributed by atoms with E-state index in [0.29, 0.717) is 14.9 Å². The molecule has 0 saturated carbocycles. The Bertz CT molecular complexity index is 939. The van der Waals surface area contributed by atoms with Crippen molar-refractivity contribution in [2.75, 3.05) is 4.90 Å². The monoisotopic (exact) mass is 433 g/mol. The summed E-state index contributed by atoms with van der Waals surface area (Å²) in [5.74, 6) is -1.29. The van der Waals surface area contributed by atoms with Crippen molar-refractivity contribution < 1.29 is 14.7 Å². The van der Waals surface area contributed by atoms with E-state index >= 15 is 0 Å². The van der Waals surface area contributed by atoms with Crippen LogP contribution in [0.3, 0.4) is 0 Å². The molecule has 25 heavy (non-hydrogen) atoms. The first-order chi connectivity index (χ1) is 11.9. The fraction of sp³-hybridized carbons (Fsp3) is 0.0556. The van der Waals surface area contributed by atoms with Crippen LogP contribution in [-0.2, 0) is 4.79 Å². The Kier molecular flexibility index (Phi) is 5.08. The van der Waals surface area contributed by atoms with Gasteiger partial charge in [0.15, 0.2) is 4.32 Å². The van der Waals surface area contributed by atoms with Crippen molar-refractivity contribution in [1.82, 2.24) is 0 Å². The predicted octanol–water partition coefficient (Wildman–Crippen LogP) is 4.94. The molecule has 1 aliphatic rings. The van der Waals surface area contributed by atoms with Crippen molar-refractivity contribution in [3.63, 3.8) is 0 Å². The molecular weight excluding hydrogens is 422 g/mol. The fourth-order valence-corrected chi connectivity index (χ4v) is 4.19. The maximum atomic E-state index is 12.9. The summed E-state index contributed by atoms with van der Waals surface area (Å²) in [5, 5.41) is 9.14. The minimum Gasteiger partial charge on any atom is -0.478 e. The number of nitrogens with zero attached hydrogens (tertiary/aromatic N) is 1. The third-order valence-corrected chi connectivity index (χ3v) is 5.69. The lowest BCUT2D eigenvalue weighted by Gasteiger charge is -2.15. The van der Waals surface area contributed by atoms with E-state index in [-0.39, 0.29) is 11.5 Å². The minimum absolute atomic E-state index is 0.110. The fourth-order valence-electron chi connectivity index (χ4n) is 2.45. The average molecular weight is 434 g/mol. The number of anilines is 1. The molecule has 0 bridgehead atoms. The predicted molar refractivity (Wildman–Crippen MR) is 108 cm³/mol. The molecule has 1 amide bonds. The normalized spacial score (nSPS) is 16.3. The molecule has 4 nitrogen and oxygen atoms in total. The van der Waals surface area contributed by atoms with Crippen molar-refractivity contribution in [2.45, 2.75) is 6.92 Å². The number of carbonyl (C=O) groups excluding carboxylic acids is 1. The topological polar surface area (TPSA) is 57.6 Å². The van der Waals surface area contributed by atoms with E-state index < -0.39 is 5.97 Å². The molecule has 0 unspecified atom stereocenters. The Morgan fingerprint density at radius 2 is 1.84 bits per heavy atom. The van der Waals surface area contributed by atoms with Gasteiger partial charge < -0.3 is 5.11 Å². The summed E-state index contributed by atoms with van der Waals surface area (Å²) in [6.45, 7) is 1.88. The highest BCUT2D eigenvalue weighted by atomic mass is 79.9. The Morgan fingerprint density at radius 3 is 2.52 bits per heavy atom. The summed E-state index contributed by atoms with van der Waals surface area (Å²) in [6, 6.07) is 13.9. The maximum absolute atomic E-state index is 12.9. The van der Waals surface area contributed by atoms with Crippen LogP contribution in [0.25, 0.3) is 5.57 Å². The number of thiocarbonyl (C=S) groups is 1. The van der Waals surface area contributed by atoms with Gasteiger partial charge in [0.25, 0.3) is 5.91 Å². The number of hydrogen-bond donors (Lipinski definition) is 1. The summed E-state index contributed by atoms with van der Waals surface area (Å²) in [4.78, 5) is 26.0. The summed E-state index contributed by atoms with van der Waals surface area (Å²) in [7, 11) is 0. The summed E-state index contributed by atoms with van der Waals surface area (Å²) >= 11 is 10.0. The molecule has 1 aliphatic heterocycles. The zero-order valence-corrected chi connectivity index (χ0v) is 16.2. The van der Waals surface area contributed by atoms with Gasteiger partial charge in [0.05, 0.1) is 16.2 Å². The number of thioether (sulfide) groups is 1. The molecule has 0 atom stereocenters. The number of carboxylic acid groups (broad SMARTS) is 1. The molecule has 2 aromatic carbocycles. The third-order valence-electron chi connectivity index (χ3n) is 3.72. The van der Waals surface area contributed by atoms with Crippen LogP contribution in [0.4, 0.5) is 5.69 Å². The quantitative estimate of drug-likeness (QED) is 0.548. The molecule has 1 heterocycles. The Morgan fingerprint density at radius 1 is 1.16 bits per heavy atom. The number of amides is 1. The van der Waals surface area contributed by atoms with Gasteiger partial charge in [-0.2, -0.15) is 0 Å². The van der Waals surface area contributed by atoms with Crippen LogP contribution in [-0.4, -0.2) is 21.3 Å². The summed E-state index contributed by atoms with van der Waals surface area (Å²) in [6.07, 6.45) is 0. The van der Waals surface area contributed by atoms with E-state index in [1.54, 1.807) is 12.1 Å².